The number of rotatable bonds is 2. The Labute approximate surface area is 128 Å². The van der Waals surface area contributed by atoms with Crippen molar-refractivity contribution in [3.05, 3.63) is 47.8 Å². The summed E-state index contributed by atoms with van der Waals surface area (Å²) in [5, 5.41) is 4.25. The second-order valence-electron chi connectivity index (χ2n) is 6.17. The monoisotopic (exact) mass is 299 g/mol. The molecule has 2 aromatic carbocycles. The topological polar surface area (TPSA) is 38.3 Å². The van der Waals surface area contributed by atoms with Crippen molar-refractivity contribution in [3.8, 4) is 0 Å². The molecule has 1 heterocycles. The average molecular weight is 299 g/mol. The van der Waals surface area contributed by atoms with Crippen LogP contribution in [0.1, 0.15) is 29.6 Å². The lowest BCUT2D eigenvalue weighted by atomic mass is 9.72. The summed E-state index contributed by atoms with van der Waals surface area (Å²) in [6, 6.07) is 10.2. The lowest BCUT2D eigenvalue weighted by Crippen LogP contribution is -2.57. The fourth-order valence-corrected chi connectivity index (χ4v) is 3.67. The smallest absolute Gasteiger partial charge is 0.252 e. The Morgan fingerprint density at radius 2 is 2.00 bits per heavy atom. The largest absolute Gasteiger partial charge is 0.378 e. The van der Waals surface area contributed by atoms with Gasteiger partial charge in [0.1, 0.15) is 5.82 Å². The molecule has 1 amide bonds. The van der Waals surface area contributed by atoms with Crippen molar-refractivity contribution >= 4 is 16.7 Å². The molecule has 2 fully saturated rings. The number of nitrogens with one attached hydrogen (secondary N) is 1. The molecule has 1 aliphatic carbocycles. The zero-order chi connectivity index (χ0) is 15.1. The molecular formula is C18H18FNO2. The first-order valence-electron chi connectivity index (χ1n) is 7.84. The van der Waals surface area contributed by atoms with E-state index in [1.54, 1.807) is 24.3 Å². The van der Waals surface area contributed by atoms with Crippen LogP contribution in [0.3, 0.4) is 0 Å². The molecule has 3 atom stereocenters. The Morgan fingerprint density at radius 3 is 2.82 bits per heavy atom. The maximum atomic E-state index is 13.8. The van der Waals surface area contributed by atoms with Gasteiger partial charge >= 0.3 is 0 Å². The highest BCUT2D eigenvalue weighted by molar-refractivity contribution is 6.07. The summed E-state index contributed by atoms with van der Waals surface area (Å²) in [7, 11) is 0. The molecule has 2 aromatic rings. The van der Waals surface area contributed by atoms with E-state index in [0.29, 0.717) is 28.4 Å². The van der Waals surface area contributed by atoms with Gasteiger partial charge in [-0.2, -0.15) is 0 Å². The first kappa shape index (κ1) is 13.7. The van der Waals surface area contributed by atoms with Crippen molar-refractivity contribution in [3.63, 3.8) is 0 Å². The van der Waals surface area contributed by atoms with E-state index in [4.69, 9.17) is 4.74 Å². The third-order valence-corrected chi connectivity index (χ3v) is 4.93. The van der Waals surface area contributed by atoms with Crippen molar-refractivity contribution < 1.29 is 13.9 Å². The van der Waals surface area contributed by atoms with Crippen LogP contribution in [-0.4, -0.2) is 24.7 Å². The number of hydrogen-bond acceptors (Lipinski definition) is 2. The summed E-state index contributed by atoms with van der Waals surface area (Å²) in [5.74, 6) is 0.0196. The van der Waals surface area contributed by atoms with Crippen LogP contribution >= 0.6 is 0 Å². The minimum atomic E-state index is -0.295. The summed E-state index contributed by atoms with van der Waals surface area (Å²) in [6.45, 7) is 0.838. The highest BCUT2D eigenvalue weighted by atomic mass is 19.1. The first-order valence-corrected chi connectivity index (χ1v) is 7.84. The van der Waals surface area contributed by atoms with Crippen molar-refractivity contribution in [2.45, 2.75) is 31.4 Å². The predicted octanol–water partition coefficient (Wildman–Crippen LogP) is 3.28. The Hall–Kier alpha value is -1.94. The van der Waals surface area contributed by atoms with Gasteiger partial charge < -0.3 is 10.1 Å². The zero-order valence-electron chi connectivity index (χ0n) is 12.2. The van der Waals surface area contributed by atoms with Crippen molar-refractivity contribution in [2.75, 3.05) is 6.61 Å². The molecule has 0 spiro atoms. The van der Waals surface area contributed by atoms with Crippen molar-refractivity contribution in [1.82, 2.24) is 5.32 Å². The standard InChI is InChI=1S/C18H18FNO2/c19-15-8-7-13(11-4-1-2-5-12(11)15)18(21)20-16-10-17-14(16)6-3-9-22-17/h1-2,4-5,7-8,14,16-17H,3,6,9-10H2,(H,20,21). The Balaban J connectivity index is 1.57. The third-order valence-electron chi connectivity index (χ3n) is 4.93. The fourth-order valence-electron chi connectivity index (χ4n) is 3.67. The second-order valence-corrected chi connectivity index (χ2v) is 6.17. The fraction of sp³-hybridized carbons (Fsp3) is 0.389. The summed E-state index contributed by atoms with van der Waals surface area (Å²) in [5.41, 5.74) is 0.539. The van der Waals surface area contributed by atoms with Gasteiger partial charge in [0.05, 0.1) is 6.10 Å². The zero-order valence-corrected chi connectivity index (χ0v) is 12.2. The average Bonchev–Trinajstić information content (AvgIpc) is 2.53. The molecule has 114 valence electrons. The van der Waals surface area contributed by atoms with Crippen molar-refractivity contribution in [2.24, 2.45) is 5.92 Å². The van der Waals surface area contributed by atoms with E-state index >= 15 is 0 Å². The number of carbonyl (C=O) groups excluding carboxylic acids is 1. The van der Waals surface area contributed by atoms with Gasteiger partial charge in [-0.3, -0.25) is 4.79 Å². The Morgan fingerprint density at radius 1 is 1.18 bits per heavy atom. The van der Waals surface area contributed by atoms with E-state index < -0.39 is 0 Å². The first-order chi connectivity index (χ1) is 10.7. The molecule has 2 aliphatic rings. The van der Waals surface area contributed by atoms with Crippen LogP contribution in [0, 0.1) is 11.7 Å². The highest BCUT2D eigenvalue weighted by Crippen LogP contribution is 2.38. The van der Waals surface area contributed by atoms with E-state index in [-0.39, 0.29) is 17.8 Å². The summed E-state index contributed by atoms with van der Waals surface area (Å²) in [4.78, 5) is 12.6. The van der Waals surface area contributed by atoms with E-state index in [1.165, 1.54) is 6.07 Å². The quantitative estimate of drug-likeness (QED) is 0.924. The molecule has 1 saturated heterocycles. The van der Waals surface area contributed by atoms with Crippen molar-refractivity contribution in [1.29, 1.82) is 0 Å². The molecule has 4 rings (SSSR count). The molecule has 0 aromatic heterocycles. The third kappa shape index (κ3) is 2.18. The van der Waals surface area contributed by atoms with E-state index in [9.17, 15) is 9.18 Å². The van der Waals surface area contributed by atoms with Gasteiger partial charge in [-0.15, -0.1) is 0 Å². The summed E-state index contributed by atoms with van der Waals surface area (Å²) < 4.78 is 19.5. The number of halogens is 1. The van der Waals surface area contributed by atoms with Crippen LogP contribution in [0.25, 0.3) is 10.8 Å². The second kappa shape index (κ2) is 5.36. The Kier molecular flexibility index (Phi) is 3.34. The maximum Gasteiger partial charge on any atom is 0.252 e. The number of fused-ring (bicyclic) bond motifs is 2. The van der Waals surface area contributed by atoms with Crippen LogP contribution in [0.2, 0.25) is 0 Å². The maximum absolute atomic E-state index is 13.8. The minimum Gasteiger partial charge on any atom is -0.378 e. The number of amides is 1. The Bertz CT molecular complexity index is 730. The molecule has 1 aliphatic heterocycles. The van der Waals surface area contributed by atoms with Gasteiger partial charge in [-0.05, 0) is 36.8 Å². The minimum absolute atomic E-state index is 0.120. The lowest BCUT2D eigenvalue weighted by molar-refractivity contribution is -0.100. The molecule has 4 heteroatoms. The van der Waals surface area contributed by atoms with Gasteiger partial charge in [0.2, 0.25) is 0 Å². The molecule has 1 N–H and O–H groups in total. The van der Waals surface area contributed by atoms with E-state index in [2.05, 4.69) is 5.32 Å². The lowest BCUT2D eigenvalue weighted by Gasteiger charge is -2.47. The summed E-state index contributed by atoms with van der Waals surface area (Å²) in [6.07, 6.45) is 3.37. The van der Waals surface area contributed by atoms with Gasteiger partial charge in [0.15, 0.2) is 0 Å². The van der Waals surface area contributed by atoms with Gasteiger partial charge in [-0.1, -0.05) is 24.3 Å². The number of benzene rings is 2. The molecular weight excluding hydrogens is 281 g/mol. The normalized spacial score (nSPS) is 27.0. The van der Waals surface area contributed by atoms with Gasteiger partial charge in [0.25, 0.3) is 5.91 Å². The molecule has 0 bridgehead atoms. The molecule has 0 radical (unpaired) electrons. The highest BCUT2D eigenvalue weighted by Gasteiger charge is 2.44. The van der Waals surface area contributed by atoms with Gasteiger partial charge in [-0.25, -0.2) is 4.39 Å². The number of ether oxygens (including phenoxy) is 1. The molecule has 3 nitrogen and oxygen atoms in total. The summed E-state index contributed by atoms with van der Waals surface area (Å²) >= 11 is 0. The number of hydrogen-bond donors (Lipinski definition) is 1. The van der Waals surface area contributed by atoms with E-state index in [1.807, 2.05) is 6.07 Å². The number of carbonyl (C=O) groups is 1. The van der Waals surface area contributed by atoms with Crippen LogP contribution in [0.5, 0.6) is 0 Å². The SMILES string of the molecule is O=C(NC1CC2OCCCC12)c1ccc(F)c2ccccc12. The predicted molar refractivity (Wildman–Crippen MR) is 82.2 cm³/mol. The van der Waals surface area contributed by atoms with Crippen LogP contribution in [0.4, 0.5) is 4.39 Å². The van der Waals surface area contributed by atoms with Crippen LogP contribution in [0.15, 0.2) is 36.4 Å². The molecule has 1 saturated carbocycles. The van der Waals surface area contributed by atoms with Gasteiger partial charge in [0, 0.05) is 29.5 Å². The molecule has 3 unspecified atom stereocenters. The van der Waals surface area contributed by atoms with Crippen LogP contribution < -0.4 is 5.32 Å². The van der Waals surface area contributed by atoms with E-state index in [0.717, 1.165) is 25.9 Å². The van der Waals surface area contributed by atoms with Crippen LogP contribution in [-0.2, 0) is 4.74 Å². The molecule has 22 heavy (non-hydrogen) atoms.